The van der Waals surface area contributed by atoms with E-state index in [1.54, 1.807) is 0 Å². The molecule has 0 saturated carbocycles. The van der Waals surface area contributed by atoms with E-state index in [1.807, 2.05) is 4.90 Å². The Morgan fingerprint density at radius 1 is 1.11 bits per heavy atom. The summed E-state index contributed by atoms with van der Waals surface area (Å²) in [5.74, 6) is 0.0839. The Morgan fingerprint density at radius 3 is 2.22 bits per heavy atom. The predicted octanol–water partition coefficient (Wildman–Crippen LogP) is 1.34. The first-order chi connectivity index (χ1) is 8.46. The van der Waals surface area contributed by atoms with Crippen LogP contribution in [-0.2, 0) is 14.6 Å². The van der Waals surface area contributed by atoms with Gasteiger partial charge in [0.05, 0.1) is 17.4 Å². The van der Waals surface area contributed by atoms with E-state index in [-0.39, 0.29) is 23.3 Å². The number of halogens is 1. The van der Waals surface area contributed by atoms with E-state index in [2.05, 4.69) is 15.9 Å². The Morgan fingerprint density at radius 2 is 1.72 bits per heavy atom. The van der Waals surface area contributed by atoms with Crippen molar-refractivity contribution in [3.63, 3.8) is 0 Å². The first kappa shape index (κ1) is 12.9. The van der Waals surface area contributed by atoms with Gasteiger partial charge in [0.15, 0.2) is 9.84 Å². The minimum Gasteiger partial charge on any atom is -0.336 e. The van der Waals surface area contributed by atoms with Gasteiger partial charge in [0.1, 0.15) is 0 Å². The number of carbonyl (C=O) groups is 1. The number of nitrogens with zero attached hydrogens (tertiary/aromatic N) is 1. The first-order valence-corrected chi connectivity index (χ1v) is 9.36. The molecule has 3 atom stereocenters. The van der Waals surface area contributed by atoms with Crippen LogP contribution in [-0.4, -0.2) is 47.6 Å². The lowest BCUT2D eigenvalue weighted by atomic mass is 9.99. The third-order valence-electron chi connectivity index (χ3n) is 4.51. The summed E-state index contributed by atoms with van der Waals surface area (Å²) in [6.45, 7) is 0. The standard InChI is InChI=1S/C12H18BrNO3S/c13-9-5-10-1-2-11(6-9)14(10)12(15)8-3-4-18(16,17)7-8/h8-11H,1-7H2. The number of sulfone groups is 1. The lowest BCUT2D eigenvalue weighted by molar-refractivity contribution is -0.139. The summed E-state index contributed by atoms with van der Waals surface area (Å²) in [7, 11) is -2.96. The number of carbonyl (C=O) groups excluding carboxylic acids is 1. The number of amides is 1. The predicted molar refractivity (Wildman–Crippen MR) is 72.4 cm³/mol. The third-order valence-corrected chi connectivity index (χ3v) is 7.03. The van der Waals surface area contributed by atoms with Crippen LogP contribution in [0, 0.1) is 5.92 Å². The van der Waals surface area contributed by atoms with E-state index in [4.69, 9.17) is 0 Å². The van der Waals surface area contributed by atoms with Gasteiger partial charge in [-0.1, -0.05) is 15.9 Å². The van der Waals surface area contributed by atoms with Gasteiger partial charge in [0.2, 0.25) is 5.91 Å². The van der Waals surface area contributed by atoms with Gasteiger partial charge in [-0.25, -0.2) is 8.42 Å². The summed E-state index contributed by atoms with van der Waals surface area (Å²) in [6.07, 6.45) is 4.72. The molecule has 3 fully saturated rings. The van der Waals surface area contributed by atoms with Crippen LogP contribution in [0.1, 0.15) is 32.1 Å². The molecule has 0 aromatic carbocycles. The van der Waals surface area contributed by atoms with Gasteiger partial charge in [0, 0.05) is 16.9 Å². The molecule has 18 heavy (non-hydrogen) atoms. The maximum absolute atomic E-state index is 12.5. The molecule has 0 aliphatic carbocycles. The average Bonchev–Trinajstić information content (AvgIpc) is 2.77. The van der Waals surface area contributed by atoms with Gasteiger partial charge < -0.3 is 4.90 Å². The fraction of sp³-hybridized carbons (Fsp3) is 0.917. The molecule has 0 aromatic rings. The Hall–Kier alpha value is -0.100. The molecule has 3 saturated heterocycles. The van der Waals surface area contributed by atoms with Crippen molar-refractivity contribution < 1.29 is 13.2 Å². The quantitative estimate of drug-likeness (QED) is 0.679. The summed E-state index contributed by atoms with van der Waals surface area (Å²) < 4.78 is 23.0. The van der Waals surface area contributed by atoms with Crippen LogP contribution in [0.5, 0.6) is 0 Å². The molecule has 3 aliphatic rings. The van der Waals surface area contributed by atoms with Crippen molar-refractivity contribution in [1.29, 1.82) is 0 Å². The maximum Gasteiger partial charge on any atom is 0.227 e. The van der Waals surface area contributed by atoms with Crippen LogP contribution >= 0.6 is 15.9 Å². The molecule has 3 rings (SSSR count). The highest BCUT2D eigenvalue weighted by atomic mass is 79.9. The van der Waals surface area contributed by atoms with Gasteiger partial charge in [-0.3, -0.25) is 4.79 Å². The van der Waals surface area contributed by atoms with Crippen LogP contribution < -0.4 is 0 Å². The summed E-state index contributed by atoms with van der Waals surface area (Å²) in [6, 6.07) is 0.674. The fourth-order valence-corrected chi connectivity index (χ4v) is 6.27. The van der Waals surface area contributed by atoms with Crippen molar-refractivity contribution in [2.75, 3.05) is 11.5 Å². The number of hydrogen-bond acceptors (Lipinski definition) is 3. The molecule has 6 heteroatoms. The van der Waals surface area contributed by atoms with Crippen molar-refractivity contribution in [2.24, 2.45) is 5.92 Å². The average molecular weight is 336 g/mol. The van der Waals surface area contributed by atoms with Crippen LogP contribution in [0.25, 0.3) is 0 Å². The molecule has 1 amide bonds. The zero-order chi connectivity index (χ0) is 12.9. The third kappa shape index (κ3) is 2.22. The number of rotatable bonds is 1. The number of fused-ring (bicyclic) bond motifs is 2. The smallest absolute Gasteiger partial charge is 0.227 e. The van der Waals surface area contributed by atoms with Crippen molar-refractivity contribution in [3.8, 4) is 0 Å². The summed E-state index contributed by atoms with van der Waals surface area (Å²) in [5.41, 5.74) is 0. The Labute approximate surface area is 116 Å². The molecular formula is C12H18BrNO3S. The summed E-state index contributed by atoms with van der Waals surface area (Å²) in [5, 5.41) is 0. The molecule has 102 valence electrons. The van der Waals surface area contributed by atoms with Crippen molar-refractivity contribution in [3.05, 3.63) is 0 Å². The zero-order valence-corrected chi connectivity index (χ0v) is 12.6. The van der Waals surface area contributed by atoms with Crippen molar-refractivity contribution >= 4 is 31.7 Å². The van der Waals surface area contributed by atoms with Crippen LogP contribution in [0.2, 0.25) is 0 Å². The van der Waals surface area contributed by atoms with E-state index < -0.39 is 9.84 Å². The van der Waals surface area contributed by atoms with Crippen LogP contribution in [0.3, 0.4) is 0 Å². The van der Waals surface area contributed by atoms with Crippen LogP contribution in [0.4, 0.5) is 0 Å². The van der Waals surface area contributed by atoms with Crippen molar-refractivity contribution in [2.45, 2.75) is 49.0 Å². The molecule has 0 aromatic heterocycles. The lowest BCUT2D eigenvalue weighted by Gasteiger charge is -2.38. The lowest BCUT2D eigenvalue weighted by Crippen LogP contribution is -2.49. The highest BCUT2D eigenvalue weighted by molar-refractivity contribution is 9.09. The topological polar surface area (TPSA) is 54.5 Å². The molecule has 0 N–H and O–H groups in total. The van der Waals surface area contributed by atoms with E-state index in [1.165, 1.54) is 0 Å². The maximum atomic E-state index is 12.5. The number of piperidine rings is 1. The normalized spacial score (nSPS) is 42.2. The van der Waals surface area contributed by atoms with E-state index in [0.717, 1.165) is 25.7 Å². The SMILES string of the molecule is O=C(C1CCS(=O)(=O)C1)N1C2CCC1CC(Br)C2. The zero-order valence-electron chi connectivity index (χ0n) is 10.2. The highest BCUT2D eigenvalue weighted by Crippen LogP contribution is 2.40. The molecule has 3 heterocycles. The number of alkyl halides is 1. The van der Waals surface area contributed by atoms with Gasteiger partial charge in [-0.05, 0) is 32.1 Å². The van der Waals surface area contributed by atoms with E-state index >= 15 is 0 Å². The van der Waals surface area contributed by atoms with Crippen LogP contribution in [0.15, 0.2) is 0 Å². The fourth-order valence-electron chi connectivity index (χ4n) is 3.67. The second-order valence-corrected chi connectivity index (χ2v) is 9.32. The molecule has 3 unspecified atom stereocenters. The minimum atomic E-state index is -2.96. The minimum absolute atomic E-state index is 0.0690. The highest BCUT2D eigenvalue weighted by Gasteiger charge is 2.46. The van der Waals surface area contributed by atoms with Gasteiger partial charge in [0.25, 0.3) is 0 Å². The van der Waals surface area contributed by atoms with Crippen molar-refractivity contribution in [1.82, 2.24) is 4.90 Å². The van der Waals surface area contributed by atoms with Gasteiger partial charge >= 0.3 is 0 Å². The van der Waals surface area contributed by atoms with Gasteiger partial charge in [-0.15, -0.1) is 0 Å². The van der Waals surface area contributed by atoms with E-state index in [9.17, 15) is 13.2 Å². The second kappa shape index (κ2) is 4.47. The molecule has 2 bridgehead atoms. The monoisotopic (exact) mass is 335 g/mol. The van der Waals surface area contributed by atoms with Gasteiger partial charge in [-0.2, -0.15) is 0 Å². The molecular weight excluding hydrogens is 318 g/mol. The molecule has 4 nitrogen and oxygen atoms in total. The Bertz CT molecular complexity index is 450. The first-order valence-electron chi connectivity index (χ1n) is 6.63. The second-order valence-electron chi connectivity index (χ2n) is 5.80. The van der Waals surface area contributed by atoms with E-state index in [0.29, 0.717) is 23.3 Å². The largest absolute Gasteiger partial charge is 0.336 e. The Balaban J connectivity index is 1.74. The molecule has 0 spiro atoms. The molecule has 0 radical (unpaired) electrons. The summed E-state index contributed by atoms with van der Waals surface area (Å²) >= 11 is 3.65. The Kier molecular flexibility index (Phi) is 3.21. The summed E-state index contributed by atoms with van der Waals surface area (Å²) in [4.78, 5) is 15.0. The molecule has 3 aliphatic heterocycles. The number of hydrogen-bond donors (Lipinski definition) is 0.